The Morgan fingerprint density at radius 1 is 1.33 bits per heavy atom. The Labute approximate surface area is 137 Å². The average molecular weight is 325 g/mol. The number of carboxylic acid groups (broad SMARTS) is 1. The highest BCUT2D eigenvalue weighted by Gasteiger charge is 2.19. The number of nitrogens with zero attached hydrogens (tertiary/aromatic N) is 5. The number of ether oxygens (including phenoxy) is 1. The molecule has 0 fully saturated rings. The summed E-state index contributed by atoms with van der Waals surface area (Å²) in [6.45, 7) is 1.51. The molecule has 122 valence electrons. The molecule has 0 aliphatic carbocycles. The van der Waals surface area contributed by atoms with Crippen molar-refractivity contribution in [1.29, 1.82) is 0 Å². The van der Waals surface area contributed by atoms with Gasteiger partial charge < -0.3 is 9.84 Å². The van der Waals surface area contributed by atoms with E-state index in [1.165, 1.54) is 11.8 Å². The number of methoxy groups -OCH3 is 1. The van der Waals surface area contributed by atoms with Crippen LogP contribution in [0.5, 0.6) is 5.75 Å². The lowest BCUT2D eigenvalue weighted by molar-refractivity contribution is -0.137. The standard InChI is InChI=1S/C16H15N5O3/c1-10-7-11(13(24-2)8-18-10)16-19-15(12-5-3-4-6-17-12)20-21(16)9-14(22)23/h3-8H,9H2,1-2H3,(H,22,23). The molecular formula is C16H15N5O3. The van der Waals surface area contributed by atoms with Crippen LogP contribution in [0.2, 0.25) is 0 Å². The van der Waals surface area contributed by atoms with E-state index in [0.29, 0.717) is 28.7 Å². The van der Waals surface area contributed by atoms with Crippen LogP contribution in [0.1, 0.15) is 5.69 Å². The van der Waals surface area contributed by atoms with Gasteiger partial charge in [-0.2, -0.15) is 0 Å². The second kappa shape index (κ2) is 6.45. The predicted octanol–water partition coefficient (Wildman–Crippen LogP) is 1.80. The SMILES string of the molecule is COc1cnc(C)cc1-c1nc(-c2ccccn2)nn1CC(=O)O. The van der Waals surface area contributed by atoms with Gasteiger partial charge in [0.15, 0.2) is 11.6 Å². The number of aromatic nitrogens is 5. The number of carboxylic acids is 1. The Balaban J connectivity index is 2.17. The molecule has 3 aromatic rings. The summed E-state index contributed by atoms with van der Waals surface area (Å²) in [6.07, 6.45) is 3.20. The summed E-state index contributed by atoms with van der Waals surface area (Å²) >= 11 is 0. The van der Waals surface area contributed by atoms with Crippen molar-refractivity contribution >= 4 is 5.97 Å². The average Bonchev–Trinajstić information content (AvgIpc) is 2.98. The van der Waals surface area contributed by atoms with Crippen LogP contribution in [0.3, 0.4) is 0 Å². The zero-order valence-corrected chi connectivity index (χ0v) is 13.2. The van der Waals surface area contributed by atoms with Crippen molar-refractivity contribution in [2.45, 2.75) is 13.5 Å². The van der Waals surface area contributed by atoms with E-state index in [1.807, 2.05) is 13.0 Å². The summed E-state index contributed by atoms with van der Waals surface area (Å²) in [4.78, 5) is 24.0. The Kier molecular flexibility index (Phi) is 4.19. The second-order valence-corrected chi connectivity index (χ2v) is 5.05. The molecule has 0 radical (unpaired) electrons. The highest BCUT2D eigenvalue weighted by Crippen LogP contribution is 2.30. The van der Waals surface area contributed by atoms with Crippen molar-refractivity contribution in [3.63, 3.8) is 0 Å². The van der Waals surface area contributed by atoms with Crippen molar-refractivity contribution in [3.8, 4) is 28.7 Å². The number of pyridine rings is 2. The van der Waals surface area contributed by atoms with Crippen molar-refractivity contribution in [2.24, 2.45) is 0 Å². The number of hydrogen-bond acceptors (Lipinski definition) is 6. The number of aryl methyl sites for hydroxylation is 1. The molecule has 0 atom stereocenters. The molecule has 0 saturated heterocycles. The summed E-state index contributed by atoms with van der Waals surface area (Å²) in [5.41, 5.74) is 1.95. The fourth-order valence-corrected chi connectivity index (χ4v) is 2.27. The molecule has 8 heteroatoms. The summed E-state index contributed by atoms with van der Waals surface area (Å²) in [5.74, 6) is 0.217. The first-order valence-electron chi connectivity index (χ1n) is 7.17. The lowest BCUT2D eigenvalue weighted by Crippen LogP contribution is -2.12. The molecule has 3 rings (SSSR count). The van der Waals surface area contributed by atoms with E-state index < -0.39 is 5.97 Å². The topological polar surface area (TPSA) is 103 Å². The number of carbonyl (C=O) groups is 1. The van der Waals surface area contributed by atoms with Crippen LogP contribution in [0.25, 0.3) is 22.9 Å². The van der Waals surface area contributed by atoms with E-state index in [4.69, 9.17) is 9.84 Å². The number of hydrogen-bond donors (Lipinski definition) is 1. The minimum atomic E-state index is -1.02. The van der Waals surface area contributed by atoms with Crippen LogP contribution in [0.4, 0.5) is 0 Å². The summed E-state index contributed by atoms with van der Waals surface area (Å²) in [7, 11) is 1.52. The minimum Gasteiger partial charge on any atom is -0.494 e. The molecule has 0 aliphatic heterocycles. The van der Waals surface area contributed by atoms with Gasteiger partial charge in [0.05, 0.1) is 18.9 Å². The third-order valence-corrected chi connectivity index (χ3v) is 3.32. The van der Waals surface area contributed by atoms with Gasteiger partial charge in [0, 0.05) is 11.9 Å². The fourth-order valence-electron chi connectivity index (χ4n) is 2.27. The molecule has 0 bridgehead atoms. The van der Waals surface area contributed by atoms with E-state index >= 15 is 0 Å². The molecule has 0 spiro atoms. The van der Waals surface area contributed by atoms with Gasteiger partial charge in [-0.25, -0.2) is 9.67 Å². The molecule has 0 saturated carbocycles. The molecular weight excluding hydrogens is 310 g/mol. The minimum absolute atomic E-state index is 0.320. The van der Waals surface area contributed by atoms with E-state index in [0.717, 1.165) is 5.69 Å². The van der Waals surface area contributed by atoms with Gasteiger partial charge in [-0.3, -0.25) is 14.8 Å². The molecule has 0 aromatic carbocycles. The Hall–Kier alpha value is -3.29. The largest absolute Gasteiger partial charge is 0.494 e. The first-order chi connectivity index (χ1) is 11.6. The molecule has 0 aliphatic rings. The maximum absolute atomic E-state index is 11.2. The van der Waals surface area contributed by atoms with Gasteiger partial charge in [-0.1, -0.05) is 6.07 Å². The van der Waals surface area contributed by atoms with Crippen molar-refractivity contribution in [2.75, 3.05) is 7.11 Å². The lowest BCUT2D eigenvalue weighted by atomic mass is 10.2. The van der Waals surface area contributed by atoms with Gasteiger partial charge in [-0.15, -0.1) is 5.10 Å². The molecule has 1 N–H and O–H groups in total. The molecule has 0 amide bonds. The summed E-state index contributed by atoms with van der Waals surface area (Å²) in [6, 6.07) is 7.15. The third-order valence-electron chi connectivity index (χ3n) is 3.32. The zero-order valence-electron chi connectivity index (χ0n) is 13.2. The Bertz CT molecular complexity index is 877. The van der Waals surface area contributed by atoms with E-state index in [9.17, 15) is 4.79 Å². The molecule has 24 heavy (non-hydrogen) atoms. The van der Waals surface area contributed by atoms with Gasteiger partial charge in [0.1, 0.15) is 18.0 Å². The highest BCUT2D eigenvalue weighted by molar-refractivity contribution is 5.70. The van der Waals surface area contributed by atoms with Crippen LogP contribution in [-0.2, 0) is 11.3 Å². The van der Waals surface area contributed by atoms with Gasteiger partial charge in [0.2, 0.25) is 0 Å². The maximum atomic E-state index is 11.2. The smallest absolute Gasteiger partial charge is 0.325 e. The van der Waals surface area contributed by atoms with Crippen molar-refractivity contribution in [3.05, 3.63) is 42.4 Å². The second-order valence-electron chi connectivity index (χ2n) is 5.05. The zero-order chi connectivity index (χ0) is 17.1. The van der Waals surface area contributed by atoms with Crippen LogP contribution in [0, 0.1) is 6.92 Å². The number of aliphatic carboxylic acids is 1. The summed E-state index contributed by atoms with van der Waals surface area (Å²) in [5, 5.41) is 13.4. The molecule has 0 unspecified atom stereocenters. The monoisotopic (exact) mass is 325 g/mol. The van der Waals surface area contributed by atoms with Crippen molar-refractivity contribution < 1.29 is 14.6 Å². The van der Waals surface area contributed by atoms with Crippen LogP contribution in [-0.4, -0.2) is 42.9 Å². The molecule has 3 aromatic heterocycles. The van der Waals surface area contributed by atoms with E-state index in [1.54, 1.807) is 30.6 Å². The predicted molar refractivity (Wildman–Crippen MR) is 85.4 cm³/mol. The molecule has 3 heterocycles. The normalized spacial score (nSPS) is 10.6. The van der Waals surface area contributed by atoms with E-state index in [2.05, 4.69) is 20.1 Å². The third kappa shape index (κ3) is 3.07. The van der Waals surface area contributed by atoms with Crippen LogP contribution < -0.4 is 4.74 Å². The van der Waals surface area contributed by atoms with E-state index in [-0.39, 0.29) is 6.54 Å². The van der Waals surface area contributed by atoms with Gasteiger partial charge in [-0.05, 0) is 25.1 Å². The maximum Gasteiger partial charge on any atom is 0.325 e. The first kappa shape index (κ1) is 15.6. The van der Waals surface area contributed by atoms with Gasteiger partial charge in [0.25, 0.3) is 0 Å². The highest BCUT2D eigenvalue weighted by atomic mass is 16.5. The fraction of sp³-hybridized carbons (Fsp3) is 0.188. The summed E-state index contributed by atoms with van der Waals surface area (Å²) < 4.78 is 6.65. The molecule has 8 nitrogen and oxygen atoms in total. The van der Waals surface area contributed by atoms with Crippen molar-refractivity contribution in [1.82, 2.24) is 24.7 Å². The van der Waals surface area contributed by atoms with Crippen LogP contribution >= 0.6 is 0 Å². The van der Waals surface area contributed by atoms with Gasteiger partial charge >= 0.3 is 5.97 Å². The quantitative estimate of drug-likeness (QED) is 0.763. The lowest BCUT2D eigenvalue weighted by Gasteiger charge is -2.08. The number of rotatable bonds is 5. The Morgan fingerprint density at radius 2 is 2.17 bits per heavy atom. The Morgan fingerprint density at radius 3 is 2.83 bits per heavy atom. The van der Waals surface area contributed by atoms with Crippen LogP contribution in [0.15, 0.2) is 36.7 Å². The first-order valence-corrected chi connectivity index (χ1v) is 7.17.